The second-order valence-electron chi connectivity index (χ2n) is 7.46. The van der Waals surface area contributed by atoms with Crippen LogP contribution in [0.15, 0.2) is 40.4 Å². The molecular formula is C20H21N5O2S. The van der Waals surface area contributed by atoms with Crippen molar-refractivity contribution >= 4 is 28.7 Å². The standard InChI is InChI=1S/C20H21N5O2S/c1-13-5-4-6-14(9-13)25-18-16(11-21-25)19(27)24-15(12-28-20(24)22-18)10-17(26)23-7-2-3-8-23/h4-6,9,11,15H,2-3,7-8,10,12H2,1H3/t15-/m1/s1. The van der Waals surface area contributed by atoms with Crippen LogP contribution in [-0.4, -0.2) is 49.0 Å². The molecule has 1 saturated heterocycles. The molecule has 1 fully saturated rings. The van der Waals surface area contributed by atoms with Crippen LogP contribution in [0.25, 0.3) is 16.7 Å². The van der Waals surface area contributed by atoms with Gasteiger partial charge < -0.3 is 4.90 Å². The first-order chi connectivity index (χ1) is 13.6. The number of nitrogens with zero attached hydrogens (tertiary/aromatic N) is 5. The predicted octanol–water partition coefficient (Wildman–Crippen LogP) is 2.55. The van der Waals surface area contributed by atoms with E-state index in [1.165, 1.54) is 11.8 Å². The summed E-state index contributed by atoms with van der Waals surface area (Å²) in [6, 6.07) is 7.82. The van der Waals surface area contributed by atoms with Gasteiger partial charge in [-0.3, -0.25) is 14.2 Å². The average molecular weight is 395 g/mol. The monoisotopic (exact) mass is 395 g/mol. The Morgan fingerprint density at radius 1 is 1.29 bits per heavy atom. The van der Waals surface area contributed by atoms with Gasteiger partial charge in [0.1, 0.15) is 5.39 Å². The maximum atomic E-state index is 13.2. The molecule has 0 radical (unpaired) electrons. The van der Waals surface area contributed by atoms with Crippen molar-refractivity contribution in [1.82, 2.24) is 24.2 Å². The third kappa shape index (κ3) is 2.83. The lowest BCUT2D eigenvalue weighted by Gasteiger charge is -2.19. The molecule has 0 saturated carbocycles. The van der Waals surface area contributed by atoms with Crippen LogP contribution in [0.5, 0.6) is 0 Å². The number of aromatic nitrogens is 4. The van der Waals surface area contributed by atoms with E-state index in [0.29, 0.717) is 28.4 Å². The number of hydrogen-bond acceptors (Lipinski definition) is 5. The van der Waals surface area contributed by atoms with Crippen molar-refractivity contribution in [3.05, 3.63) is 46.4 Å². The number of rotatable bonds is 3. The lowest BCUT2D eigenvalue weighted by molar-refractivity contribution is -0.130. The van der Waals surface area contributed by atoms with Crippen LogP contribution in [0.1, 0.15) is 30.9 Å². The van der Waals surface area contributed by atoms with E-state index in [1.807, 2.05) is 36.1 Å². The predicted molar refractivity (Wildman–Crippen MR) is 108 cm³/mol. The summed E-state index contributed by atoms with van der Waals surface area (Å²) in [6.45, 7) is 3.69. The number of carbonyl (C=O) groups is 1. The molecule has 0 unspecified atom stereocenters. The molecule has 0 spiro atoms. The Balaban J connectivity index is 1.53. The third-order valence-corrected chi connectivity index (χ3v) is 6.58. The quantitative estimate of drug-likeness (QED) is 0.637. The molecule has 7 nitrogen and oxygen atoms in total. The number of thioether (sulfide) groups is 1. The summed E-state index contributed by atoms with van der Waals surface area (Å²) in [5.41, 5.74) is 2.47. The fourth-order valence-corrected chi connectivity index (χ4v) is 5.16. The average Bonchev–Trinajstić information content (AvgIpc) is 3.42. The van der Waals surface area contributed by atoms with Gasteiger partial charge in [0.15, 0.2) is 10.8 Å². The molecule has 3 aromatic rings. The highest BCUT2D eigenvalue weighted by Crippen LogP contribution is 2.34. The van der Waals surface area contributed by atoms with E-state index in [2.05, 4.69) is 5.10 Å². The molecule has 5 rings (SSSR count). The van der Waals surface area contributed by atoms with Crippen molar-refractivity contribution in [1.29, 1.82) is 0 Å². The maximum Gasteiger partial charge on any atom is 0.265 e. The zero-order chi connectivity index (χ0) is 19.3. The lowest BCUT2D eigenvalue weighted by atomic mass is 10.2. The van der Waals surface area contributed by atoms with Gasteiger partial charge in [-0.25, -0.2) is 9.67 Å². The number of hydrogen-bond donors (Lipinski definition) is 0. The highest BCUT2D eigenvalue weighted by molar-refractivity contribution is 7.99. The van der Waals surface area contributed by atoms with Crippen LogP contribution in [0.3, 0.4) is 0 Å². The summed E-state index contributed by atoms with van der Waals surface area (Å²) in [5.74, 6) is 0.838. The molecule has 144 valence electrons. The lowest BCUT2D eigenvalue weighted by Crippen LogP contribution is -2.32. The zero-order valence-electron chi connectivity index (χ0n) is 15.7. The topological polar surface area (TPSA) is 73.0 Å². The summed E-state index contributed by atoms with van der Waals surface area (Å²) in [7, 11) is 0. The minimum Gasteiger partial charge on any atom is -0.343 e. The van der Waals surface area contributed by atoms with Crippen molar-refractivity contribution in [2.45, 2.75) is 37.4 Å². The van der Waals surface area contributed by atoms with Gasteiger partial charge in [-0.15, -0.1) is 0 Å². The van der Waals surface area contributed by atoms with Crippen LogP contribution in [0, 0.1) is 6.92 Å². The Hall–Kier alpha value is -2.61. The van der Waals surface area contributed by atoms with E-state index < -0.39 is 0 Å². The van der Waals surface area contributed by atoms with Crippen LogP contribution in [0.2, 0.25) is 0 Å². The van der Waals surface area contributed by atoms with E-state index in [4.69, 9.17) is 4.98 Å². The largest absolute Gasteiger partial charge is 0.343 e. The van der Waals surface area contributed by atoms with Gasteiger partial charge in [-0.05, 0) is 37.5 Å². The van der Waals surface area contributed by atoms with Gasteiger partial charge in [-0.1, -0.05) is 23.9 Å². The van der Waals surface area contributed by atoms with E-state index in [0.717, 1.165) is 37.2 Å². The fourth-order valence-electron chi connectivity index (χ4n) is 4.03. The molecule has 0 bridgehead atoms. The Bertz CT molecular complexity index is 1130. The SMILES string of the molecule is Cc1cccc(-n2ncc3c(=O)n4c(nc32)SC[C@H]4CC(=O)N2CCCC2)c1. The zero-order valence-corrected chi connectivity index (χ0v) is 16.5. The molecule has 8 heteroatoms. The summed E-state index contributed by atoms with van der Waals surface area (Å²) >= 11 is 1.54. The first-order valence-corrected chi connectivity index (χ1v) is 10.6. The van der Waals surface area contributed by atoms with Gasteiger partial charge in [0.2, 0.25) is 5.91 Å². The molecule has 1 amide bonds. The van der Waals surface area contributed by atoms with Crippen molar-refractivity contribution in [2.24, 2.45) is 0 Å². The van der Waals surface area contributed by atoms with E-state index in [1.54, 1.807) is 15.4 Å². The number of likely N-dealkylation sites (tertiary alicyclic amines) is 1. The molecule has 2 aliphatic rings. The van der Waals surface area contributed by atoms with Gasteiger partial charge in [-0.2, -0.15) is 5.10 Å². The van der Waals surface area contributed by atoms with Crippen LogP contribution < -0.4 is 5.56 Å². The summed E-state index contributed by atoms with van der Waals surface area (Å²) in [5, 5.41) is 5.58. The number of fused-ring (bicyclic) bond motifs is 2. The molecule has 0 aliphatic carbocycles. The minimum absolute atomic E-state index is 0.108. The Kier molecular flexibility index (Phi) is 4.23. The molecule has 1 aromatic carbocycles. The van der Waals surface area contributed by atoms with E-state index in [-0.39, 0.29) is 17.5 Å². The second kappa shape index (κ2) is 6.77. The molecule has 4 heterocycles. The highest BCUT2D eigenvalue weighted by atomic mass is 32.2. The minimum atomic E-state index is -0.139. The van der Waals surface area contributed by atoms with E-state index in [9.17, 15) is 9.59 Å². The molecular weight excluding hydrogens is 374 g/mol. The van der Waals surface area contributed by atoms with E-state index >= 15 is 0 Å². The third-order valence-electron chi connectivity index (χ3n) is 5.49. The number of carbonyl (C=O) groups excluding carboxylic acids is 1. The van der Waals surface area contributed by atoms with Crippen molar-refractivity contribution in [2.75, 3.05) is 18.8 Å². The normalized spacial score (nSPS) is 18.8. The Morgan fingerprint density at radius 2 is 2.11 bits per heavy atom. The van der Waals surface area contributed by atoms with Crippen molar-refractivity contribution in [3.63, 3.8) is 0 Å². The molecule has 2 aliphatic heterocycles. The smallest absolute Gasteiger partial charge is 0.265 e. The van der Waals surface area contributed by atoms with Crippen molar-refractivity contribution < 1.29 is 4.79 Å². The van der Waals surface area contributed by atoms with Gasteiger partial charge >= 0.3 is 0 Å². The van der Waals surface area contributed by atoms with Crippen LogP contribution in [0.4, 0.5) is 0 Å². The Morgan fingerprint density at radius 3 is 2.89 bits per heavy atom. The van der Waals surface area contributed by atoms with Crippen LogP contribution >= 0.6 is 11.8 Å². The molecule has 2 aromatic heterocycles. The van der Waals surface area contributed by atoms with Crippen LogP contribution in [-0.2, 0) is 4.79 Å². The van der Waals surface area contributed by atoms with Gasteiger partial charge in [0.05, 0.1) is 17.9 Å². The molecule has 0 N–H and O–H groups in total. The number of benzene rings is 1. The highest BCUT2D eigenvalue weighted by Gasteiger charge is 2.31. The summed E-state index contributed by atoms with van der Waals surface area (Å²) in [6.07, 6.45) is 4.09. The van der Waals surface area contributed by atoms with Crippen molar-refractivity contribution in [3.8, 4) is 5.69 Å². The summed E-state index contributed by atoms with van der Waals surface area (Å²) in [4.78, 5) is 32.4. The first-order valence-electron chi connectivity index (χ1n) is 9.60. The first kappa shape index (κ1) is 17.5. The molecule has 1 atom stereocenters. The van der Waals surface area contributed by atoms with Gasteiger partial charge in [0, 0.05) is 25.3 Å². The number of aryl methyl sites for hydroxylation is 1. The maximum absolute atomic E-state index is 13.2. The fraction of sp³-hybridized carbons (Fsp3) is 0.400. The Labute approximate surface area is 166 Å². The van der Waals surface area contributed by atoms with Gasteiger partial charge in [0.25, 0.3) is 5.56 Å². The number of amides is 1. The molecule has 28 heavy (non-hydrogen) atoms. The second-order valence-corrected chi connectivity index (χ2v) is 8.45. The summed E-state index contributed by atoms with van der Waals surface area (Å²) < 4.78 is 3.41.